The third-order valence-electron chi connectivity index (χ3n) is 1.69. The molecule has 1 aromatic carbocycles. The number of rotatable bonds is 2. The Morgan fingerprint density at radius 1 is 1.43 bits per heavy atom. The normalized spacial score (nSPS) is 11.1. The highest BCUT2D eigenvalue weighted by atomic mass is 16.6. The van der Waals surface area contributed by atoms with E-state index < -0.39 is 4.92 Å². The van der Waals surface area contributed by atoms with E-state index in [1.807, 2.05) is 30.3 Å². The van der Waals surface area contributed by atoms with Gasteiger partial charge in [-0.15, -0.1) is 0 Å². The van der Waals surface area contributed by atoms with E-state index in [0.717, 1.165) is 5.69 Å². The molecule has 1 aromatic rings. The van der Waals surface area contributed by atoms with Crippen LogP contribution in [0.1, 0.15) is 6.92 Å². The Morgan fingerprint density at radius 2 is 2.00 bits per heavy atom. The van der Waals surface area contributed by atoms with Crippen LogP contribution >= 0.6 is 0 Å². The fraction of sp³-hybridized carbons (Fsp3) is 0.222. The number of amidine groups is 1. The van der Waals surface area contributed by atoms with Crippen molar-refractivity contribution in [2.45, 2.75) is 6.92 Å². The maximum Gasteiger partial charge on any atom is 0.361 e. The molecule has 0 aliphatic carbocycles. The quantitative estimate of drug-likeness (QED) is 0.311. The lowest BCUT2D eigenvalue weighted by Crippen LogP contribution is -2.16. The van der Waals surface area contributed by atoms with Crippen LogP contribution < -0.4 is 5.01 Å². The molecule has 0 saturated heterocycles. The minimum atomic E-state index is -0.514. The first-order chi connectivity index (χ1) is 6.61. The number of anilines is 1. The summed E-state index contributed by atoms with van der Waals surface area (Å²) in [6.07, 6.45) is 0. The van der Waals surface area contributed by atoms with E-state index in [9.17, 15) is 10.1 Å². The molecule has 0 fully saturated rings. The van der Waals surface area contributed by atoms with Gasteiger partial charge in [0.15, 0.2) is 0 Å². The molecule has 0 saturated carbocycles. The molecule has 14 heavy (non-hydrogen) atoms. The van der Waals surface area contributed by atoms with E-state index in [2.05, 4.69) is 5.10 Å². The number of para-hydroxylation sites is 1. The molecule has 0 heterocycles. The summed E-state index contributed by atoms with van der Waals surface area (Å²) >= 11 is 0. The average molecular weight is 193 g/mol. The molecule has 5 heteroatoms. The Bertz CT molecular complexity index is 348. The molecule has 0 radical (unpaired) electrons. The predicted octanol–water partition coefficient (Wildman–Crippen LogP) is 1.73. The van der Waals surface area contributed by atoms with Gasteiger partial charge in [-0.2, -0.15) is 5.01 Å². The van der Waals surface area contributed by atoms with Crippen molar-refractivity contribution in [1.82, 2.24) is 0 Å². The second-order valence-corrected chi connectivity index (χ2v) is 2.76. The summed E-state index contributed by atoms with van der Waals surface area (Å²) < 4.78 is 0. The SMILES string of the molecule is C/C(=N\N(C)c1ccccc1)[N+](=O)[O-]. The highest BCUT2D eigenvalue weighted by Gasteiger charge is 2.08. The van der Waals surface area contributed by atoms with E-state index in [1.165, 1.54) is 11.9 Å². The molecule has 74 valence electrons. The van der Waals surface area contributed by atoms with Gasteiger partial charge in [0, 0.05) is 6.92 Å². The van der Waals surface area contributed by atoms with Crippen LogP contribution in [0.2, 0.25) is 0 Å². The van der Waals surface area contributed by atoms with Crippen LogP contribution in [-0.2, 0) is 0 Å². The standard InChI is InChI=1S/C9H11N3O2/c1-8(12(13)14)10-11(2)9-6-4-3-5-7-9/h3-7H,1-2H3/b10-8+. The highest BCUT2D eigenvalue weighted by molar-refractivity contribution is 5.72. The molecule has 0 aliphatic rings. The molecule has 0 bridgehead atoms. The average Bonchev–Trinajstić information content (AvgIpc) is 2.19. The Morgan fingerprint density at radius 3 is 2.50 bits per heavy atom. The van der Waals surface area contributed by atoms with Crippen LogP contribution in [-0.4, -0.2) is 17.8 Å². The van der Waals surface area contributed by atoms with Crippen molar-refractivity contribution >= 4 is 11.5 Å². The Kier molecular flexibility index (Phi) is 3.17. The fourth-order valence-corrected chi connectivity index (χ4v) is 0.955. The molecule has 0 aliphatic heterocycles. The Balaban J connectivity index is 2.82. The predicted molar refractivity (Wildman–Crippen MR) is 54.9 cm³/mol. The number of nitrogens with zero attached hydrogens (tertiary/aromatic N) is 3. The van der Waals surface area contributed by atoms with Crippen molar-refractivity contribution in [3.8, 4) is 0 Å². The summed E-state index contributed by atoms with van der Waals surface area (Å²) in [4.78, 5) is 9.80. The third kappa shape index (κ3) is 2.55. The molecule has 0 unspecified atom stereocenters. The van der Waals surface area contributed by atoms with Gasteiger partial charge in [-0.05, 0) is 17.1 Å². The molecule has 0 N–H and O–H groups in total. The number of hydrogen-bond acceptors (Lipinski definition) is 4. The fourth-order valence-electron chi connectivity index (χ4n) is 0.955. The molecular formula is C9H11N3O2. The largest absolute Gasteiger partial charge is 0.361 e. The maximum absolute atomic E-state index is 10.3. The van der Waals surface area contributed by atoms with Crippen LogP contribution in [0.3, 0.4) is 0 Å². The summed E-state index contributed by atoms with van der Waals surface area (Å²) in [6.45, 7) is 1.36. The van der Waals surface area contributed by atoms with Gasteiger partial charge < -0.3 is 10.1 Å². The first-order valence-corrected chi connectivity index (χ1v) is 4.09. The minimum Gasteiger partial charge on any atom is -0.358 e. The summed E-state index contributed by atoms with van der Waals surface area (Å²) in [5.74, 6) is -0.128. The Labute approximate surface area is 81.8 Å². The van der Waals surface area contributed by atoms with Crippen LogP contribution in [0.5, 0.6) is 0 Å². The monoisotopic (exact) mass is 193 g/mol. The van der Waals surface area contributed by atoms with Crippen LogP contribution in [0.15, 0.2) is 35.4 Å². The second-order valence-electron chi connectivity index (χ2n) is 2.76. The molecule has 0 amide bonds. The smallest absolute Gasteiger partial charge is 0.358 e. The maximum atomic E-state index is 10.3. The summed E-state index contributed by atoms with van der Waals surface area (Å²) in [5.41, 5.74) is 0.814. The number of nitro groups is 1. The first kappa shape index (κ1) is 10.2. The molecule has 5 nitrogen and oxygen atoms in total. The van der Waals surface area contributed by atoms with Crippen molar-refractivity contribution in [1.29, 1.82) is 0 Å². The van der Waals surface area contributed by atoms with Gasteiger partial charge in [-0.25, -0.2) is 0 Å². The van der Waals surface area contributed by atoms with Gasteiger partial charge in [0.05, 0.1) is 17.8 Å². The lowest BCUT2D eigenvalue weighted by Gasteiger charge is -2.05. The van der Waals surface area contributed by atoms with E-state index in [1.54, 1.807) is 7.05 Å². The van der Waals surface area contributed by atoms with E-state index >= 15 is 0 Å². The van der Waals surface area contributed by atoms with E-state index in [0.29, 0.717) is 0 Å². The van der Waals surface area contributed by atoms with Gasteiger partial charge in [0.1, 0.15) is 0 Å². The zero-order chi connectivity index (χ0) is 10.6. The molecular weight excluding hydrogens is 182 g/mol. The van der Waals surface area contributed by atoms with Crippen LogP contribution in [0, 0.1) is 10.1 Å². The number of hydrazone groups is 1. The van der Waals surface area contributed by atoms with Gasteiger partial charge in [0.25, 0.3) is 0 Å². The van der Waals surface area contributed by atoms with Gasteiger partial charge in [-0.1, -0.05) is 18.2 Å². The Hall–Kier alpha value is -1.91. The molecule has 0 spiro atoms. The van der Waals surface area contributed by atoms with Crippen LogP contribution in [0.4, 0.5) is 5.69 Å². The summed E-state index contributed by atoms with van der Waals surface area (Å²) in [6, 6.07) is 9.24. The molecule has 1 rings (SSSR count). The van der Waals surface area contributed by atoms with Gasteiger partial charge in [0.2, 0.25) is 0 Å². The zero-order valence-corrected chi connectivity index (χ0v) is 8.04. The second kappa shape index (κ2) is 4.36. The highest BCUT2D eigenvalue weighted by Crippen LogP contribution is 2.10. The number of benzene rings is 1. The van der Waals surface area contributed by atoms with Crippen molar-refractivity contribution < 1.29 is 4.92 Å². The van der Waals surface area contributed by atoms with Crippen molar-refractivity contribution in [3.63, 3.8) is 0 Å². The molecule has 0 aromatic heterocycles. The van der Waals surface area contributed by atoms with Gasteiger partial charge in [-0.3, -0.25) is 0 Å². The van der Waals surface area contributed by atoms with Crippen molar-refractivity contribution in [2.75, 3.05) is 12.1 Å². The van der Waals surface area contributed by atoms with E-state index in [4.69, 9.17) is 0 Å². The van der Waals surface area contributed by atoms with Crippen LogP contribution in [0.25, 0.3) is 0 Å². The number of hydrogen-bond donors (Lipinski definition) is 0. The van der Waals surface area contributed by atoms with Crippen molar-refractivity contribution in [3.05, 3.63) is 40.4 Å². The third-order valence-corrected chi connectivity index (χ3v) is 1.69. The van der Waals surface area contributed by atoms with Crippen molar-refractivity contribution in [2.24, 2.45) is 5.10 Å². The van der Waals surface area contributed by atoms with E-state index in [-0.39, 0.29) is 5.84 Å². The summed E-state index contributed by atoms with van der Waals surface area (Å²) in [7, 11) is 1.67. The van der Waals surface area contributed by atoms with Gasteiger partial charge >= 0.3 is 5.84 Å². The molecule has 0 atom stereocenters. The zero-order valence-electron chi connectivity index (χ0n) is 8.04. The topological polar surface area (TPSA) is 58.7 Å². The lowest BCUT2D eigenvalue weighted by atomic mass is 10.3. The summed E-state index contributed by atoms with van der Waals surface area (Å²) in [5, 5.41) is 15.6. The minimum absolute atomic E-state index is 0.128. The lowest BCUT2D eigenvalue weighted by molar-refractivity contribution is -0.351. The first-order valence-electron chi connectivity index (χ1n) is 4.09.